The van der Waals surface area contributed by atoms with Crippen molar-refractivity contribution < 1.29 is 10.0 Å². The van der Waals surface area contributed by atoms with Crippen molar-refractivity contribution >= 4 is 11.5 Å². The van der Waals surface area contributed by atoms with Crippen LogP contribution in [-0.4, -0.2) is 28.1 Å². The van der Waals surface area contributed by atoms with Crippen LogP contribution >= 0.6 is 0 Å². The molecule has 1 N–H and O–H groups in total. The second kappa shape index (κ2) is 5.52. The normalized spacial score (nSPS) is 28.5. The Morgan fingerprint density at radius 3 is 2.87 bits per heavy atom. The minimum absolute atomic E-state index is 0.0715. The molecule has 0 aromatic heterocycles. The van der Waals surface area contributed by atoms with E-state index in [0.29, 0.717) is 17.7 Å². The zero-order chi connectivity index (χ0) is 16.0. The molecule has 2 heterocycles. The molecule has 120 valence electrons. The first kappa shape index (κ1) is 14.5. The Hall–Kier alpha value is -2.10. The third-order valence-electron chi connectivity index (χ3n) is 5.60. The topological polar surface area (TPSA) is 52.9 Å². The Balaban J connectivity index is 1.93. The van der Waals surface area contributed by atoms with Gasteiger partial charge in [0.25, 0.3) is 0 Å². The van der Waals surface area contributed by atoms with Crippen LogP contribution in [0.2, 0.25) is 0 Å². The molecule has 1 aromatic carbocycles. The molecule has 0 spiro atoms. The number of hydrogen-bond donors (Lipinski definition) is 1. The quantitative estimate of drug-likeness (QED) is 0.638. The first-order chi connectivity index (χ1) is 11.3. The van der Waals surface area contributed by atoms with Crippen molar-refractivity contribution in [2.75, 3.05) is 6.54 Å². The molecule has 4 heteroatoms. The molecule has 0 bridgehead atoms. The van der Waals surface area contributed by atoms with E-state index in [9.17, 15) is 10.0 Å². The molecule has 4 nitrogen and oxygen atoms in total. The number of benzene rings is 1. The third-order valence-corrected chi connectivity index (χ3v) is 5.60. The summed E-state index contributed by atoms with van der Waals surface area (Å²) >= 11 is 0. The molecule has 0 saturated carbocycles. The second-order valence-electron chi connectivity index (χ2n) is 6.69. The molecule has 3 aliphatic rings. The van der Waals surface area contributed by atoms with Crippen LogP contribution in [0.5, 0.6) is 0 Å². The van der Waals surface area contributed by atoms with Gasteiger partial charge in [0.15, 0.2) is 5.78 Å². The summed E-state index contributed by atoms with van der Waals surface area (Å²) < 4.78 is 0. The standard InChI is InChI=1S/C19H22N2O2/c1-2-13-18(20-23)17-15(8-5-9-16(17)22)21-11-10-12-6-3-4-7-14(12)19(13)21/h3-4,6-7,13,19,23H,2,5,8-11H2,1H3/b20-18-/t13-,19-/m0/s1. The summed E-state index contributed by atoms with van der Waals surface area (Å²) in [6.45, 7) is 3.06. The van der Waals surface area contributed by atoms with Crippen molar-refractivity contribution in [1.29, 1.82) is 0 Å². The lowest BCUT2D eigenvalue weighted by atomic mass is 9.72. The van der Waals surface area contributed by atoms with Gasteiger partial charge in [0.2, 0.25) is 0 Å². The van der Waals surface area contributed by atoms with E-state index in [1.807, 2.05) is 0 Å². The largest absolute Gasteiger partial charge is 0.411 e. The van der Waals surface area contributed by atoms with Gasteiger partial charge in [-0.15, -0.1) is 0 Å². The van der Waals surface area contributed by atoms with E-state index in [4.69, 9.17) is 0 Å². The van der Waals surface area contributed by atoms with Crippen LogP contribution in [0.3, 0.4) is 0 Å². The molecule has 1 aliphatic carbocycles. The van der Waals surface area contributed by atoms with Crippen LogP contribution in [0.4, 0.5) is 0 Å². The van der Waals surface area contributed by atoms with Gasteiger partial charge in [0, 0.05) is 24.6 Å². The van der Waals surface area contributed by atoms with Crippen molar-refractivity contribution in [3.05, 3.63) is 46.7 Å². The van der Waals surface area contributed by atoms with Crippen molar-refractivity contribution in [1.82, 2.24) is 4.90 Å². The summed E-state index contributed by atoms with van der Waals surface area (Å²) in [6.07, 6.45) is 4.26. The average Bonchev–Trinajstić information content (AvgIpc) is 2.60. The second-order valence-corrected chi connectivity index (χ2v) is 6.69. The highest BCUT2D eigenvalue weighted by Crippen LogP contribution is 2.47. The van der Waals surface area contributed by atoms with Gasteiger partial charge in [-0.2, -0.15) is 0 Å². The van der Waals surface area contributed by atoms with Crippen LogP contribution in [0.15, 0.2) is 40.7 Å². The predicted octanol–water partition coefficient (Wildman–Crippen LogP) is 3.46. The molecule has 2 aliphatic heterocycles. The minimum atomic E-state index is 0.0715. The highest BCUT2D eigenvalue weighted by atomic mass is 16.4. The van der Waals surface area contributed by atoms with E-state index >= 15 is 0 Å². The lowest BCUT2D eigenvalue weighted by molar-refractivity contribution is -0.116. The fourth-order valence-electron chi connectivity index (χ4n) is 4.62. The van der Waals surface area contributed by atoms with Gasteiger partial charge >= 0.3 is 0 Å². The molecule has 23 heavy (non-hydrogen) atoms. The van der Waals surface area contributed by atoms with Crippen molar-refractivity contribution in [3.8, 4) is 0 Å². The molecule has 0 saturated heterocycles. The Morgan fingerprint density at radius 1 is 1.26 bits per heavy atom. The van der Waals surface area contributed by atoms with Crippen LogP contribution < -0.4 is 0 Å². The van der Waals surface area contributed by atoms with E-state index < -0.39 is 0 Å². The lowest BCUT2D eigenvalue weighted by Gasteiger charge is -2.49. The summed E-state index contributed by atoms with van der Waals surface area (Å²) in [5, 5.41) is 13.3. The summed E-state index contributed by atoms with van der Waals surface area (Å²) in [6, 6.07) is 8.76. The molecular formula is C19H22N2O2. The zero-order valence-corrected chi connectivity index (χ0v) is 13.5. The number of rotatable bonds is 1. The van der Waals surface area contributed by atoms with Gasteiger partial charge in [-0.25, -0.2) is 0 Å². The fourth-order valence-corrected chi connectivity index (χ4v) is 4.62. The maximum atomic E-state index is 12.5. The smallest absolute Gasteiger partial charge is 0.166 e. The van der Waals surface area contributed by atoms with Crippen LogP contribution in [-0.2, 0) is 11.2 Å². The first-order valence-corrected chi connectivity index (χ1v) is 8.59. The molecular weight excluding hydrogens is 288 g/mol. The Labute approximate surface area is 136 Å². The molecule has 0 unspecified atom stereocenters. The minimum Gasteiger partial charge on any atom is -0.411 e. The number of allylic oxidation sites excluding steroid dienone is 2. The maximum Gasteiger partial charge on any atom is 0.166 e. The Kier molecular flexibility index (Phi) is 3.47. The number of carbonyl (C=O) groups is 1. The molecule has 0 radical (unpaired) electrons. The van der Waals surface area contributed by atoms with Gasteiger partial charge in [0.1, 0.15) is 0 Å². The number of Topliss-reactive ketones (excluding diaryl/α,β-unsaturated/α-hetero) is 1. The molecule has 0 fully saturated rings. The van der Waals surface area contributed by atoms with Gasteiger partial charge < -0.3 is 10.1 Å². The third kappa shape index (κ3) is 2.04. The van der Waals surface area contributed by atoms with Gasteiger partial charge in [-0.3, -0.25) is 4.79 Å². The molecule has 4 rings (SSSR count). The molecule has 1 aromatic rings. The summed E-state index contributed by atoms with van der Waals surface area (Å²) in [5.74, 6) is 0.219. The summed E-state index contributed by atoms with van der Waals surface area (Å²) in [7, 11) is 0. The van der Waals surface area contributed by atoms with E-state index in [2.05, 4.69) is 41.2 Å². The number of nitrogens with zero attached hydrogens (tertiary/aromatic N) is 2. The first-order valence-electron chi connectivity index (χ1n) is 8.59. The zero-order valence-electron chi connectivity index (χ0n) is 13.5. The fraction of sp³-hybridized carbons (Fsp3) is 0.474. The molecule has 0 amide bonds. The number of oxime groups is 1. The number of hydrogen-bond acceptors (Lipinski definition) is 4. The van der Waals surface area contributed by atoms with Gasteiger partial charge in [0.05, 0.1) is 17.3 Å². The summed E-state index contributed by atoms with van der Waals surface area (Å²) in [5.41, 5.74) is 5.15. The van der Waals surface area contributed by atoms with Crippen molar-refractivity contribution in [2.24, 2.45) is 11.1 Å². The predicted molar refractivity (Wildman–Crippen MR) is 88.5 cm³/mol. The van der Waals surface area contributed by atoms with E-state index in [-0.39, 0.29) is 17.7 Å². The molecule has 2 atom stereocenters. The van der Waals surface area contributed by atoms with E-state index in [1.54, 1.807) is 0 Å². The van der Waals surface area contributed by atoms with E-state index in [0.717, 1.165) is 37.9 Å². The number of ketones is 1. The van der Waals surface area contributed by atoms with Crippen LogP contribution in [0, 0.1) is 5.92 Å². The van der Waals surface area contributed by atoms with Crippen LogP contribution in [0.1, 0.15) is 49.8 Å². The van der Waals surface area contributed by atoms with Crippen LogP contribution in [0.25, 0.3) is 0 Å². The lowest BCUT2D eigenvalue weighted by Crippen LogP contribution is -2.48. The summed E-state index contributed by atoms with van der Waals surface area (Å²) in [4.78, 5) is 14.9. The van der Waals surface area contributed by atoms with Gasteiger partial charge in [-0.1, -0.05) is 36.3 Å². The number of fused-ring (bicyclic) bond motifs is 4. The monoisotopic (exact) mass is 310 g/mol. The van der Waals surface area contributed by atoms with Gasteiger partial charge in [-0.05, 0) is 36.8 Å². The average molecular weight is 310 g/mol. The highest BCUT2D eigenvalue weighted by Gasteiger charge is 2.45. The Morgan fingerprint density at radius 2 is 2.09 bits per heavy atom. The van der Waals surface area contributed by atoms with Crippen molar-refractivity contribution in [2.45, 2.75) is 45.1 Å². The van der Waals surface area contributed by atoms with Crippen molar-refractivity contribution in [3.63, 3.8) is 0 Å². The SMILES string of the molecule is CC[C@H]1/C(=N/O)C2=C(CCCC2=O)N2CCc3ccccc3[C@H]12. The highest BCUT2D eigenvalue weighted by molar-refractivity contribution is 6.24. The maximum absolute atomic E-state index is 12.5. The van der Waals surface area contributed by atoms with E-state index in [1.165, 1.54) is 11.1 Å². The Bertz CT molecular complexity index is 720. The number of carbonyl (C=O) groups excluding carboxylic acids is 1.